The molecule has 0 heterocycles. The summed E-state index contributed by atoms with van der Waals surface area (Å²) in [6.45, 7) is 2.45. The fraction of sp³-hybridized carbons (Fsp3) is 0.684. The van der Waals surface area contributed by atoms with Crippen LogP contribution in [0.4, 0.5) is 0 Å². The number of carbonyl (C=O) groups is 2. The minimum Gasteiger partial charge on any atom is -0.477 e. The molecule has 0 fully saturated rings. The van der Waals surface area contributed by atoms with Gasteiger partial charge in [-0.25, -0.2) is 4.79 Å². The van der Waals surface area contributed by atoms with Gasteiger partial charge in [0.2, 0.25) is 0 Å². The number of allylic oxidation sites excluding steroid dienone is 10. The Morgan fingerprint density at radius 2 is 1.13 bits per heavy atom. The second-order valence-electron chi connectivity index (χ2n) is 12.7. The lowest BCUT2D eigenvalue weighted by Crippen LogP contribution is -2.40. The van der Waals surface area contributed by atoms with Gasteiger partial charge in [0.25, 0.3) is 6.29 Å². The van der Waals surface area contributed by atoms with Gasteiger partial charge in [-0.2, -0.15) is 0 Å². The minimum absolute atomic E-state index is 0.206. The topological polar surface area (TPSA) is 102 Å². The largest absolute Gasteiger partial charge is 0.477 e. The molecular weight excluding hydrogens is 582 g/mol. The Morgan fingerprint density at radius 3 is 1.63 bits per heavy atom. The average molecular weight is 649 g/mol. The van der Waals surface area contributed by atoms with Crippen molar-refractivity contribution in [3.05, 3.63) is 60.8 Å². The van der Waals surface area contributed by atoms with Crippen LogP contribution in [0.3, 0.4) is 0 Å². The van der Waals surface area contributed by atoms with Crippen LogP contribution in [-0.2, 0) is 23.8 Å². The molecule has 8 nitrogen and oxygen atoms in total. The summed E-state index contributed by atoms with van der Waals surface area (Å²) >= 11 is 0. The molecule has 0 aromatic heterocycles. The van der Waals surface area contributed by atoms with E-state index in [9.17, 15) is 19.8 Å². The molecule has 0 aromatic rings. The molecule has 0 saturated heterocycles. The lowest BCUT2D eigenvalue weighted by Gasteiger charge is -2.24. The highest BCUT2D eigenvalue weighted by Crippen LogP contribution is 2.12. The Bertz CT molecular complexity index is 886. The molecule has 0 amide bonds. The van der Waals surface area contributed by atoms with E-state index in [2.05, 4.69) is 67.7 Å². The van der Waals surface area contributed by atoms with E-state index in [1.807, 2.05) is 21.1 Å². The number of hydrogen-bond acceptors (Lipinski definition) is 6. The Labute approximate surface area is 280 Å². The van der Waals surface area contributed by atoms with Gasteiger partial charge in [0, 0.05) is 6.42 Å². The molecule has 0 radical (unpaired) electrons. The van der Waals surface area contributed by atoms with Crippen LogP contribution < -0.4 is 0 Å². The van der Waals surface area contributed by atoms with Gasteiger partial charge in [0.05, 0.1) is 34.4 Å². The van der Waals surface area contributed by atoms with Gasteiger partial charge < -0.3 is 28.9 Å². The molecule has 46 heavy (non-hydrogen) atoms. The summed E-state index contributed by atoms with van der Waals surface area (Å²) in [5.41, 5.74) is 0. The summed E-state index contributed by atoms with van der Waals surface area (Å²) in [5, 5.41) is 19.2. The number of esters is 1. The number of ether oxygens (including phenoxy) is 3. The SMILES string of the molecule is CC/C=C\C/C=C\C/C=C\C/C=C\C/C=C\CCCCCCCCCCCC(=O)OCC(O)COC(OCC[N+](C)(C)C)C(=O)O. The van der Waals surface area contributed by atoms with Crippen molar-refractivity contribution in [2.45, 2.75) is 122 Å². The van der Waals surface area contributed by atoms with E-state index in [0.29, 0.717) is 17.4 Å². The first-order valence-corrected chi connectivity index (χ1v) is 17.5. The van der Waals surface area contributed by atoms with Crippen LogP contribution in [0.1, 0.15) is 110 Å². The van der Waals surface area contributed by atoms with Crippen molar-refractivity contribution in [2.24, 2.45) is 0 Å². The fourth-order valence-corrected chi connectivity index (χ4v) is 4.27. The number of nitrogens with zero attached hydrogens (tertiary/aromatic N) is 1. The quantitative estimate of drug-likeness (QED) is 0.0258. The molecule has 0 saturated carbocycles. The molecular formula is C38H66NO7+. The van der Waals surface area contributed by atoms with E-state index in [0.717, 1.165) is 57.8 Å². The molecule has 0 spiro atoms. The van der Waals surface area contributed by atoms with Crippen LogP contribution in [-0.4, -0.2) is 86.5 Å². The van der Waals surface area contributed by atoms with Crippen molar-refractivity contribution in [2.75, 3.05) is 47.5 Å². The van der Waals surface area contributed by atoms with Gasteiger partial charge in [-0.3, -0.25) is 4.79 Å². The van der Waals surface area contributed by atoms with Crippen molar-refractivity contribution in [3.8, 4) is 0 Å². The maximum atomic E-state index is 12.0. The molecule has 2 N–H and O–H groups in total. The first-order chi connectivity index (χ1) is 22.2. The number of aliphatic hydroxyl groups excluding tert-OH is 1. The lowest BCUT2D eigenvalue weighted by atomic mass is 10.1. The molecule has 0 aliphatic rings. The zero-order valence-corrected chi connectivity index (χ0v) is 29.5. The number of carbonyl (C=O) groups excluding carboxylic acids is 1. The number of hydrogen-bond donors (Lipinski definition) is 2. The predicted octanol–water partition coefficient (Wildman–Crippen LogP) is 8.08. The maximum absolute atomic E-state index is 12.0. The molecule has 264 valence electrons. The maximum Gasteiger partial charge on any atom is 0.361 e. The zero-order valence-electron chi connectivity index (χ0n) is 29.5. The number of carboxylic acids is 1. The van der Waals surface area contributed by atoms with E-state index >= 15 is 0 Å². The van der Waals surface area contributed by atoms with Crippen molar-refractivity contribution < 1.29 is 38.5 Å². The normalized spacial score (nSPS) is 14.0. The number of aliphatic carboxylic acids is 1. The van der Waals surface area contributed by atoms with E-state index in [4.69, 9.17) is 14.2 Å². The zero-order chi connectivity index (χ0) is 34.1. The molecule has 0 aliphatic heterocycles. The van der Waals surface area contributed by atoms with Crippen LogP contribution >= 0.6 is 0 Å². The van der Waals surface area contributed by atoms with E-state index in [1.54, 1.807) is 0 Å². The summed E-state index contributed by atoms with van der Waals surface area (Å²) in [6, 6.07) is 0. The molecule has 8 heteroatoms. The number of aliphatic hydroxyl groups is 1. The standard InChI is InChI=1S/C38H65NO7/c1-5-6-7-8-9-10-11-12-13-14-15-16-17-18-19-20-21-22-23-24-25-26-27-28-29-30-36(41)45-33-35(40)34-46-38(37(42)43)44-32-31-39(2,3)4/h6-7,9-10,12-13,15-16,18-19,35,38,40H,5,8,11,14,17,20-34H2,1-4H3/p+1/b7-6-,10-9-,13-12-,16-15-,19-18-. The first kappa shape index (κ1) is 43.5. The summed E-state index contributed by atoms with van der Waals surface area (Å²) in [6.07, 6.45) is 36.7. The van der Waals surface area contributed by atoms with Gasteiger partial charge in [0.1, 0.15) is 19.3 Å². The Morgan fingerprint density at radius 1 is 0.652 bits per heavy atom. The number of rotatable bonds is 31. The molecule has 2 unspecified atom stereocenters. The smallest absolute Gasteiger partial charge is 0.361 e. The van der Waals surface area contributed by atoms with Gasteiger partial charge >= 0.3 is 11.9 Å². The molecule has 0 aromatic carbocycles. The number of likely N-dealkylation sites (N-methyl/N-ethyl adjacent to an activating group) is 1. The fourth-order valence-electron chi connectivity index (χ4n) is 4.27. The van der Waals surface area contributed by atoms with Gasteiger partial charge in [-0.05, 0) is 51.4 Å². The highest BCUT2D eigenvalue weighted by atomic mass is 16.7. The van der Waals surface area contributed by atoms with Crippen molar-refractivity contribution >= 4 is 11.9 Å². The average Bonchev–Trinajstić information content (AvgIpc) is 3.00. The Kier molecular flexibility index (Phi) is 29.4. The van der Waals surface area contributed by atoms with E-state index < -0.39 is 18.4 Å². The minimum atomic E-state index is -1.47. The van der Waals surface area contributed by atoms with E-state index in [-0.39, 0.29) is 25.8 Å². The van der Waals surface area contributed by atoms with Crippen molar-refractivity contribution in [1.29, 1.82) is 0 Å². The molecule has 0 rings (SSSR count). The van der Waals surface area contributed by atoms with E-state index in [1.165, 1.54) is 38.5 Å². The number of carboxylic acid groups (broad SMARTS) is 1. The lowest BCUT2D eigenvalue weighted by molar-refractivity contribution is -0.870. The second kappa shape index (κ2) is 31.1. The second-order valence-corrected chi connectivity index (χ2v) is 12.7. The van der Waals surface area contributed by atoms with Crippen LogP contribution in [0.15, 0.2) is 60.8 Å². The van der Waals surface area contributed by atoms with Crippen molar-refractivity contribution in [3.63, 3.8) is 0 Å². The molecule has 2 atom stereocenters. The Balaban J connectivity index is 3.59. The first-order valence-electron chi connectivity index (χ1n) is 17.5. The summed E-state index contributed by atoms with van der Waals surface area (Å²) in [7, 11) is 5.91. The van der Waals surface area contributed by atoms with Gasteiger partial charge in [-0.15, -0.1) is 0 Å². The Hall–Kier alpha value is -2.52. The third kappa shape index (κ3) is 32.9. The highest BCUT2D eigenvalue weighted by molar-refractivity contribution is 5.70. The van der Waals surface area contributed by atoms with Crippen LogP contribution in [0.25, 0.3) is 0 Å². The van der Waals surface area contributed by atoms with Crippen molar-refractivity contribution in [1.82, 2.24) is 0 Å². The van der Waals surface area contributed by atoms with Crippen LogP contribution in [0.2, 0.25) is 0 Å². The predicted molar refractivity (Wildman–Crippen MR) is 188 cm³/mol. The summed E-state index contributed by atoms with van der Waals surface area (Å²) < 4.78 is 16.1. The molecule has 0 bridgehead atoms. The monoisotopic (exact) mass is 648 g/mol. The summed E-state index contributed by atoms with van der Waals surface area (Å²) in [4.78, 5) is 23.2. The van der Waals surface area contributed by atoms with Gasteiger partial charge in [0.15, 0.2) is 0 Å². The third-order valence-corrected chi connectivity index (χ3v) is 7.02. The number of quaternary nitrogens is 1. The van der Waals surface area contributed by atoms with Crippen LogP contribution in [0.5, 0.6) is 0 Å². The number of unbranched alkanes of at least 4 members (excludes halogenated alkanes) is 9. The third-order valence-electron chi connectivity index (χ3n) is 7.02. The van der Waals surface area contributed by atoms with Crippen LogP contribution in [0, 0.1) is 0 Å². The highest BCUT2D eigenvalue weighted by Gasteiger charge is 2.22. The molecule has 0 aliphatic carbocycles. The van der Waals surface area contributed by atoms with Gasteiger partial charge in [-0.1, -0.05) is 113 Å². The summed E-state index contributed by atoms with van der Waals surface area (Å²) in [5.74, 6) is -1.62.